The standard InChI is InChI=1S/C15H16ClNOS2/c1-9-7-12(11-5-6-19-15(11)20-9)17-13-8-10(16)3-4-14(13)18-2/h3-6,8-9,12,17H,7H2,1-2H3/t9-,12?/m0/s1. The van der Waals surface area contributed by atoms with Crippen LogP contribution in [0.3, 0.4) is 0 Å². The van der Waals surface area contributed by atoms with Crippen molar-refractivity contribution >= 4 is 40.4 Å². The minimum atomic E-state index is 0.319. The predicted octanol–water partition coefficient (Wildman–Crippen LogP) is 5.45. The van der Waals surface area contributed by atoms with E-state index in [-0.39, 0.29) is 0 Å². The molecule has 0 fully saturated rings. The first-order valence-electron chi connectivity index (χ1n) is 6.51. The van der Waals surface area contributed by atoms with Gasteiger partial charge in [0.25, 0.3) is 0 Å². The maximum atomic E-state index is 6.10. The average Bonchev–Trinajstić information content (AvgIpc) is 2.87. The summed E-state index contributed by atoms with van der Waals surface area (Å²) in [7, 11) is 1.68. The van der Waals surface area contributed by atoms with Crippen LogP contribution in [0.2, 0.25) is 5.02 Å². The number of anilines is 1. The van der Waals surface area contributed by atoms with E-state index >= 15 is 0 Å². The quantitative estimate of drug-likeness (QED) is 0.811. The van der Waals surface area contributed by atoms with Gasteiger partial charge in [-0.3, -0.25) is 0 Å². The summed E-state index contributed by atoms with van der Waals surface area (Å²) in [6, 6.07) is 8.22. The lowest BCUT2D eigenvalue weighted by Gasteiger charge is -2.29. The molecule has 0 aliphatic carbocycles. The van der Waals surface area contributed by atoms with E-state index in [1.807, 2.05) is 41.3 Å². The van der Waals surface area contributed by atoms with E-state index in [2.05, 4.69) is 23.7 Å². The van der Waals surface area contributed by atoms with Gasteiger partial charge in [0.2, 0.25) is 0 Å². The van der Waals surface area contributed by atoms with Crippen molar-refractivity contribution in [2.75, 3.05) is 12.4 Å². The first-order chi connectivity index (χ1) is 9.67. The SMILES string of the molecule is COc1ccc(Cl)cc1NC1C[C@H](C)Sc2sccc21. The Hall–Kier alpha value is -0.840. The Morgan fingerprint density at radius 1 is 1.35 bits per heavy atom. The number of rotatable bonds is 3. The molecule has 0 amide bonds. The number of thioether (sulfide) groups is 1. The molecule has 20 heavy (non-hydrogen) atoms. The molecule has 2 nitrogen and oxygen atoms in total. The fourth-order valence-electron chi connectivity index (χ4n) is 2.47. The van der Waals surface area contributed by atoms with Crippen molar-refractivity contribution in [2.45, 2.75) is 28.8 Å². The molecule has 1 aromatic heterocycles. The van der Waals surface area contributed by atoms with Gasteiger partial charge in [0, 0.05) is 10.3 Å². The van der Waals surface area contributed by atoms with Crippen molar-refractivity contribution in [2.24, 2.45) is 0 Å². The highest BCUT2D eigenvalue weighted by Crippen LogP contribution is 2.45. The third-order valence-electron chi connectivity index (χ3n) is 3.40. The molecule has 2 aromatic rings. The van der Waals surface area contributed by atoms with Gasteiger partial charge in [-0.1, -0.05) is 18.5 Å². The Labute approximate surface area is 132 Å². The van der Waals surface area contributed by atoms with Crippen LogP contribution in [0.25, 0.3) is 0 Å². The third kappa shape index (κ3) is 2.78. The highest BCUT2D eigenvalue weighted by atomic mass is 35.5. The summed E-state index contributed by atoms with van der Waals surface area (Å²) in [4.78, 5) is 0. The van der Waals surface area contributed by atoms with Crippen LogP contribution in [0.4, 0.5) is 5.69 Å². The summed E-state index contributed by atoms with van der Waals surface area (Å²) >= 11 is 9.89. The minimum Gasteiger partial charge on any atom is -0.495 e. The van der Waals surface area contributed by atoms with Gasteiger partial charge in [0.05, 0.1) is 23.0 Å². The summed E-state index contributed by atoms with van der Waals surface area (Å²) in [5.74, 6) is 0.831. The van der Waals surface area contributed by atoms with E-state index in [4.69, 9.17) is 16.3 Å². The van der Waals surface area contributed by atoms with Gasteiger partial charge in [0.1, 0.15) is 5.75 Å². The number of methoxy groups -OCH3 is 1. The smallest absolute Gasteiger partial charge is 0.142 e. The minimum absolute atomic E-state index is 0.319. The molecule has 2 heterocycles. The number of thiophene rings is 1. The van der Waals surface area contributed by atoms with Gasteiger partial charge in [-0.05, 0) is 41.6 Å². The van der Waals surface area contributed by atoms with Crippen LogP contribution in [0.5, 0.6) is 5.75 Å². The van der Waals surface area contributed by atoms with Crippen molar-refractivity contribution in [3.8, 4) is 5.75 Å². The number of hydrogen-bond donors (Lipinski definition) is 1. The molecule has 1 unspecified atom stereocenters. The molecule has 1 N–H and O–H groups in total. The molecule has 2 atom stereocenters. The van der Waals surface area contributed by atoms with Gasteiger partial charge in [-0.2, -0.15) is 0 Å². The molecule has 0 saturated heterocycles. The maximum Gasteiger partial charge on any atom is 0.142 e. The molecule has 0 bridgehead atoms. The predicted molar refractivity (Wildman–Crippen MR) is 88.6 cm³/mol. The Morgan fingerprint density at radius 2 is 2.20 bits per heavy atom. The maximum absolute atomic E-state index is 6.10. The van der Waals surface area contributed by atoms with Crippen LogP contribution in [0, 0.1) is 0 Å². The van der Waals surface area contributed by atoms with E-state index in [0.717, 1.165) is 22.9 Å². The lowest BCUT2D eigenvalue weighted by Crippen LogP contribution is -2.19. The van der Waals surface area contributed by atoms with E-state index in [1.165, 1.54) is 9.77 Å². The Bertz CT molecular complexity index is 614. The molecule has 1 aliphatic rings. The van der Waals surface area contributed by atoms with Crippen molar-refractivity contribution in [1.29, 1.82) is 0 Å². The van der Waals surface area contributed by atoms with Crippen molar-refractivity contribution in [1.82, 2.24) is 0 Å². The molecule has 3 rings (SSSR count). The number of fused-ring (bicyclic) bond motifs is 1. The number of ether oxygens (including phenoxy) is 1. The fraction of sp³-hybridized carbons (Fsp3) is 0.333. The highest BCUT2D eigenvalue weighted by Gasteiger charge is 2.26. The van der Waals surface area contributed by atoms with Crippen LogP contribution in [-0.4, -0.2) is 12.4 Å². The van der Waals surface area contributed by atoms with Crippen LogP contribution in [0.1, 0.15) is 24.9 Å². The molecule has 0 spiro atoms. The molecule has 1 aromatic carbocycles. The monoisotopic (exact) mass is 325 g/mol. The summed E-state index contributed by atoms with van der Waals surface area (Å²) in [6.07, 6.45) is 1.10. The molecule has 0 saturated carbocycles. The van der Waals surface area contributed by atoms with E-state index in [1.54, 1.807) is 7.11 Å². The summed E-state index contributed by atoms with van der Waals surface area (Å²) in [5, 5.41) is 7.10. The summed E-state index contributed by atoms with van der Waals surface area (Å²) in [5.41, 5.74) is 2.35. The number of hydrogen-bond acceptors (Lipinski definition) is 4. The van der Waals surface area contributed by atoms with E-state index in [0.29, 0.717) is 11.3 Å². The second kappa shape index (κ2) is 5.88. The zero-order chi connectivity index (χ0) is 14.1. The second-order valence-electron chi connectivity index (χ2n) is 4.87. The van der Waals surface area contributed by atoms with E-state index in [9.17, 15) is 0 Å². The first kappa shape index (κ1) is 14.1. The molecule has 1 aliphatic heterocycles. The van der Waals surface area contributed by atoms with Crippen LogP contribution >= 0.6 is 34.7 Å². The zero-order valence-electron chi connectivity index (χ0n) is 11.4. The Balaban J connectivity index is 1.91. The van der Waals surface area contributed by atoms with Crippen molar-refractivity contribution in [3.63, 3.8) is 0 Å². The van der Waals surface area contributed by atoms with Crippen LogP contribution < -0.4 is 10.1 Å². The van der Waals surface area contributed by atoms with Crippen LogP contribution in [-0.2, 0) is 0 Å². The molecular formula is C15H16ClNOS2. The lowest BCUT2D eigenvalue weighted by atomic mass is 10.0. The second-order valence-corrected chi connectivity index (χ2v) is 7.93. The van der Waals surface area contributed by atoms with Gasteiger partial charge in [0.15, 0.2) is 0 Å². The van der Waals surface area contributed by atoms with E-state index < -0.39 is 0 Å². The Morgan fingerprint density at radius 3 is 3.00 bits per heavy atom. The van der Waals surface area contributed by atoms with Crippen molar-refractivity contribution in [3.05, 3.63) is 40.2 Å². The number of benzene rings is 1. The normalized spacial score (nSPS) is 21.4. The Kier molecular flexibility index (Phi) is 4.15. The molecule has 5 heteroatoms. The fourth-order valence-corrected chi connectivity index (χ4v) is 5.21. The largest absolute Gasteiger partial charge is 0.495 e. The molecule has 0 radical (unpaired) electrons. The van der Waals surface area contributed by atoms with Gasteiger partial charge < -0.3 is 10.1 Å². The van der Waals surface area contributed by atoms with Gasteiger partial charge >= 0.3 is 0 Å². The summed E-state index contributed by atoms with van der Waals surface area (Å²) < 4.78 is 6.83. The first-order valence-corrected chi connectivity index (χ1v) is 8.65. The average molecular weight is 326 g/mol. The highest BCUT2D eigenvalue weighted by molar-refractivity contribution is 8.01. The zero-order valence-corrected chi connectivity index (χ0v) is 13.7. The van der Waals surface area contributed by atoms with Gasteiger partial charge in [-0.25, -0.2) is 0 Å². The third-order valence-corrected chi connectivity index (χ3v) is 5.98. The lowest BCUT2D eigenvalue weighted by molar-refractivity contribution is 0.415. The molecular weight excluding hydrogens is 310 g/mol. The van der Waals surface area contributed by atoms with Gasteiger partial charge in [-0.15, -0.1) is 23.1 Å². The summed E-state index contributed by atoms with van der Waals surface area (Å²) in [6.45, 7) is 2.28. The topological polar surface area (TPSA) is 21.3 Å². The van der Waals surface area contributed by atoms with Crippen LogP contribution in [0.15, 0.2) is 33.9 Å². The van der Waals surface area contributed by atoms with Crippen molar-refractivity contribution < 1.29 is 4.74 Å². The number of nitrogens with one attached hydrogen (secondary N) is 1. The number of halogens is 1. The molecule has 106 valence electrons.